The van der Waals surface area contributed by atoms with Crippen molar-refractivity contribution in [1.82, 2.24) is 5.01 Å². The number of piperazine rings is 1. The SMILES string of the molecule is COc1cc(C=NN2CC[NH+](Cc3ccccc3)CC2)cc(OC)c1OC. The molecular weight excluding hydrogens is 342 g/mol. The third kappa shape index (κ3) is 4.92. The molecule has 1 N–H and O–H groups in total. The molecule has 2 aromatic rings. The van der Waals surface area contributed by atoms with Gasteiger partial charge in [0.25, 0.3) is 0 Å². The average Bonchev–Trinajstić information content (AvgIpc) is 2.73. The summed E-state index contributed by atoms with van der Waals surface area (Å²) in [5, 5.41) is 6.77. The lowest BCUT2D eigenvalue weighted by molar-refractivity contribution is -0.918. The highest BCUT2D eigenvalue weighted by Crippen LogP contribution is 2.37. The molecule has 1 heterocycles. The van der Waals surface area contributed by atoms with Crippen LogP contribution in [0.5, 0.6) is 17.2 Å². The van der Waals surface area contributed by atoms with Crippen molar-refractivity contribution in [3.63, 3.8) is 0 Å². The van der Waals surface area contributed by atoms with Crippen LogP contribution in [0.1, 0.15) is 11.1 Å². The minimum atomic E-state index is 0.593. The van der Waals surface area contributed by atoms with Gasteiger partial charge in [-0.25, -0.2) is 0 Å². The van der Waals surface area contributed by atoms with E-state index >= 15 is 0 Å². The summed E-state index contributed by atoms with van der Waals surface area (Å²) in [5.74, 6) is 1.86. The number of nitrogens with one attached hydrogen (secondary N) is 1. The molecule has 0 spiro atoms. The standard InChI is InChI=1S/C21H27N3O3/c1-25-19-13-18(14-20(26-2)21(19)27-3)15-22-24-11-9-23(10-12-24)16-17-7-5-4-6-8-17/h4-8,13-15H,9-12,16H2,1-3H3/p+1. The predicted octanol–water partition coefficient (Wildman–Crippen LogP) is 1.45. The van der Waals surface area contributed by atoms with Gasteiger partial charge in [0, 0.05) is 11.1 Å². The summed E-state index contributed by atoms with van der Waals surface area (Å²) >= 11 is 0. The molecule has 6 nitrogen and oxygen atoms in total. The monoisotopic (exact) mass is 370 g/mol. The van der Waals surface area contributed by atoms with Crippen LogP contribution in [0.2, 0.25) is 0 Å². The molecule has 0 bridgehead atoms. The summed E-state index contributed by atoms with van der Waals surface area (Å²) in [6.45, 7) is 5.14. The first-order chi connectivity index (χ1) is 13.2. The zero-order valence-electron chi connectivity index (χ0n) is 16.3. The molecule has 3 rings (SSSR count). The van der Waals surface area contributed by atoms with E-state index < -0.39 is 0 Å². The van der Waals surface area contributed by atoms with E-state index in [9.17, 15) is 0 Å². The van der Waals surface area contributed by atoms with Crippen molar-refractivity contribution in [2.75, 3.05) is 47.5 Å². The highest BCUT2D eigenvalue weighted by molar-refractivity contribution is 5.82. The summed E-state index contributed by atoms with van der Waals surface area (Å²) in [7, 11) is 4.84. The number of rotatable bonds is 7. The Morgan fingerprint density at radius 3 is 2.15 bits per heavy atom. The van der Waals surface area contributed by atoms with Crippen molar-refractivity contribution in [2.45, 2.75) is 6.54 Å². The fraction of sp³-hybridized carbons (Fsp3) is 0.381. The second-order valence-corrected chi connectivity index (χ2v) is 6.57. The molecule has 1 aliphatic heterocycles. The van der Waals surface area contributed by atoms with Crippen LogP contribution in [0.25, 0.3) is 0 Å². The van der Waals surface area contributed by atoms with E-state index in [2.05, 4.69) is 40.4 Å². The number of hydrogen-bond acceptors (Lipinski definition) is 5. The third-order valence-corrected chi connectivity index (χ3v) is 4.80. The molecule has 1 aliphatic rings. The minimum Gasteiger partial charge on any atom is -0.493 e. The second-order valence-electron chi connectivity index (χ2n) is 6.57. The van der Waals surface area contributed by atoms with E-state index in [1.165, 1.54) is 5.56 Å². The molecule has 0 aromatic heterocycles. The van der Waals surface area contributed by atoms with Gasteiger partial charge in [-0.05, 0) is 12.1 Å². The van der Waals surface area contributed by atoms with Crippen molar-refractivity contribution in [1.29, 1.82) is 0 Å². The number of hydrogen-bond donors (Lipinski definition) is 1. The smallest absolute Gasteiger partial charge is 0.203 e. The lowest BCUT2D eigenvalue weighted by atomic mass is 10.2. The zero-order chi connectivity index (χ0) is 19.1. The Hall–Kier alpha value is -2.73. The molecule has 0 aliphatic carbocycles. The third-order valence-electron chi connectivity index (χ3n) is 4.80. The van der Waals surface area contributed by atoms with Crippen molar-refractivity contribution in [3.05, 3.63) is 53.6 Å². The van der Waals surface area contributed by atoms with E-state index in [0.717, 1.165) is 38.3 Å². The molecular formula is C21H28N3O3+. The maximum Gasteiger partial charge on any atom is 0.203 e. The van der Waals surface area contributed by atoms with Crippen LogP contribution in [0.4, 0.5) is 0 Å². The highest BCUT2D eigenvalue weighted by atomic mass is 16.5. The number of hydrazone groups is 1. The maximum atomic E-state index is 5.40. The van der Waals surface area contributed by atoms with Gasteiger partial charge in [0.05, 0.1) is 53.7 Å². The van der Waals surface area contributed by atoms with E-state index in [0.29, 0.717) is 17.2 Å². The van der Waals surface area contributed by atoms with Crippen LogP contribution in [0.3, 0.4) is 0 Å². The summed E-state index contributed by atoms with van der Waals surface area (Å²) in [5.41, 5.74) is 2.31. The van der Waals surface area contributed by atoms with E-state index in [-0.39, 0.29) is 0 Å². The lowest BCUT2D eigenvalue weighted by Gasteiger charge is -2.30. The number of methoxy groups -OCH3 is 3. The molecule has 27 heavy (non-hydrogen) atoms. The molecule has 0 unspecified atom stereocenters. The van der Waals surface area contributed by atoms with Gasteiger partial charge in [-0.15, -0.1) is 0 Å². The lowest BCUT2D eigenvalue weighted by Crippen LogP contribution is -3.13. The molecule has 0 radical (unpaired) electrons. The Morgan fingerprint density at radius 2 is 1.59 bits per heavy atom. The Kier molecular flexibility index (Phi) is 6.54. The summed E-state index contributed by atoms with van der Waals surface area (Å²) in [6, 6.07) is 14.5. The van der Waals surface area contributed by atoms with Gasteiger partial charge in [0.2, 0.25) is 5.75 Å². The molecule has 0 saturated carbocycles. The van der Waals surface area contributed by atoms with Crippen LogP contribution < -0.4 is 19.1 Å². The Balaban J connectivity index is 1.59. The zero-order valence-corrected chi connectivity index (χ0v) is 16.3. The highest BCUT2D eigenvalue weighted by Gasteiger charge is 2.19. The van der Waals surface area contributed by atoms with Crippen LogP contribution in [-0.4, -0.2) is 58.7 Å². The van der Waals surface area contributed by atoms with Crippen molar-refractivity contribution in [2.24, 2.45) is 5.10 Å². The Morgan fingerprint density at radius 1 is 0.963 bits per heavy atom. The van der Waals surface area contributed by atoms with Crippen molar-refractivity contribution < 1.29 is 19.1 Å². The van der Waals surface area contributed by atoms with Crippen molar-refractivity contribution >= 4 is 6.21 Å². The average molecular weight is 370 g/mol. The van der Waals surface area contributed by atoms with Gasteiger partial charge in [-0.2, -0.15) is 5.10 Å². The van der Waals surface area contributed by atoms with Crippen LogP contribution in [0.15, 0.2) is 47.6 Å². The number of ether oxygens (including phenoxy) is 3. The summed E-state index contributed by atoms with van der Waals surface area (Å²) < 4.78 is 16.2. The van der Waals surface area contributed by atoms with Crippen LogP contribution >= 0.6 is 0 Å². The number of quaternary nitrogens is 1. The van der Waals surface area contributed by atoms with E-state index in [1.54, 1.807) is 26.2 Å². The minimum absolute atomic E-state index is 0.593. The van der Waals surface area contributed by atoms with Gasteiger partial charge >= 0.3 is 0 Å². The molecule has 2 aromatic carbocycles. The quantitative estimate of drug-likeness (QED) is 0.750. The van der Waals surface area contributed by atoms with Gasteiger partial charge in [0.15, 0.2) is 11.5 Å². The van der Waals surface area contributed by atoms with E-state index in [1.807, 2.05) is 18.3 Å². The number of benzene rings is 2. The van der Waals surface area contributed by atoms with Gasteiger partial charge in [0.1, 0.15) is 6.54 Å². The molecule has 0 amide bonds. The first-order valence-electron chi connectivity index (χ1n) is 9.20. The molecule has 0 atom stereocenters. The van der Waals surface area contributed by atoms with E-state index in [4.69, 9.17) is 14.2 Å². The second kappa shape index (κ2) is 9.28. The first kappa shape index (κ1) is 19.0. The van der Waals surface area contributed by atoms with Crippen LogP contribution in [0, 0.1) is 0 Å². The summed E-state index contributed by atoms with van der Waals surface area (Å²) in [6.07, 6.45) is 1.85. The van der Waals surface area contributed by atoms with Crippen LogP contribution in [-0.2, 0) is 6.54 Å². The topological polar surface area (TPSA) is 47.7 Å². The largest absolute Gasteiger partial charge is 0.493 e. The first-order valence-corrected chi connectivity index (χ1v) is 9.20. The number of nitrogens with zero attached hydrogens (tertiary/aromatic N) is 2. The fourth-order valence-electron chi connectivity index (χ4n) is 3.31. The molecule has 6 heteroatoms. The van der Waals surface area contributed by atoms with Gasteiger partial charge < -0.3 is 19.1 Å². The van der Waals surface area contributed by atoms with Gasteiger partial charge in [-0.1, -0.05) is 30.3 Å². The normalized spacial score (nSPS) is 15.1. The molecule has 144 valence electrons. The molecule has 1 saturated heterocycles. The maximum absolute atomic E-state index is 5.40. The Bertz CT molecular complexity index is 732. The van der Waals surface area contributed by atoms with Crippen molar-refractivity contribution in [3.8, 4) is 17.2 Å². The predicted molar refractivity (Wildman–Crippen MR) is 106 cm³/mol. The Labute approximate surface area is 160 Å². The summed E-state index contributed by atoms with van der Waals surface area (Å²) in [4.78, 5) is 1.60. The van der Waals surface area contributed by atoms with Gasteiger partial charge in [-0.3, -0.25) is 5.01 Å². The fourth-order valence-corrected chi connectivity index (χ4v) is 3.31. The molecule has 1 fully saturated rings.